The first-order chi connectivity index (χ1) is 13.0. The topological polar surface area (TPSA) is 73.0 Å². The number of aromatic nitrogens is 3. The first-order valence-corrected chi connectivity index (χ1v) is 9.00. The predicted molar refractivity (Wildman–Crippen MR) is 99.5 cm³/mol. The highest BCUT2D eigenvalue weighted by Crippen LogP contribution is 2.28. The van der Waals surface area contributed by atoms with Gasteiger partial charge in [-0.3, -0.25) is 4.79 Å². The van der Waals surface area contributed by atoms with Gasteiger partial charge in [0.05, 0.1) is 17.1 Å². The van der Waals surface area contributed by atoms with Crippen LogP contribution in [0.25, 0.3) is 11.4 Å². The average molecular weight is 391 g/mol. The molecule has 2 heterocycles. The Morgan fingerprint density at radius 2 is 2.04 bits per heavy atom. The summed E-state index contributed by atoms with van der Waals surface area (Å²) in [7, 11) is 0. The maximum absolute atomic E-state index is 14.0. The van der Waals surface area contributed by atoms with Crippen molar-refractivity contribution < 1.29 is 13.7 Å². The molecule has 27 heavy (non-hydrogen) atoms. The molecular weight excluding hydrogens is 371 g/mol. The fraction of sp³-hybridized carbons (Fsp3) is 0.316. The largest absolute Gasteiger partial charge is 0.345 e. The van der Waals surface area contributed by atoms with Gasteiger partial charge in [-0.1, -0.05) is 36.7 Å². The highest BCUT2D eigenvalue weighted by atomic mass is 35.5. The van der Waals surface area contributed by atoms with Crippen molar-refractivity contribution in [2.45, 2.75) is 32.9 Å². The monoisotopic (exact) mass is 390 g/mol. The Kier molecular flexibility index (Phi) is 5.91. The summed E-state index contributed by atoms with van der Waals surface area (Å²) < 4.78 is 21.0. The third-order valence-electron chi connectivity index (χ3n) is 4.05. The van der Waals surface area contributed by atoms with Gasteiger partial charge in [-0.15, -0.1) is 0 Å². The zero-order valence-corrected chi connectivity index (χ0v) is 15.8. The van der Waals surface area contributed by atoms with Gasteiger partial charge < -0.3 is 14.4 Å². The molecule has 1 amide bonds. The zero-order valence-electron chi connectivity index (χ0n) is 15.0. The number of carbonyl (C=O) groups excluding carboxylic acids is 1. The number of nitrogens with zero attached hydrogens (tertiary/aromatic N) is 3. The maximum atomic E-state index is 14.0. The Morgan fingerprint density at radius 3 is 2.70 bits per heavy atom. The second kappa shape index (κ2) is 8.35. The predicted octanol–water partition coefficient (Wildman–Crippen LogP) is 4.23. The smallest absolute Gasteiger partial charge is 0.246 e. The van der Waals surface area contributed by atoms with Crippen molar-refractivity contribution in [2.24, 2.45) is 5.92 Å². The Morgan fingerprint density at radius 1 is 1.30 bits per heavy atom. The summed E-state index contributed by atoms with van der Waals surface area (Å²) >= 11 is 6.01. The SMILES string of the molecule is CC(C)C[C@@H](C(=O)NCc1nc(-c2c(F)cccc2Cl)no1)n1cccc1. The second-order valence-corrected chi connectivity index (χ2v) is 7.01. The molecule has 1 N–H and O–H groups in total. The Balaban J connectivity index is 1.69. The number of rotatable bonds is 7. The van der Waals surface area contributed by atoms with Gasteiger partial charge in [-0.25, -0.2) is 4.39 Å². The van der Waals surface area contributed by atoms with Crippen LogP contribution >= 0.6 is 11.6 Å². The van der Waals surface area contributed by atoms with Crippen molar-refractivity contribution in [2.75, 3.05) is 0 Å². The van der Waals surface area contributed by atoms with Gasteiger partial charge in [0.2, 0.25) is 17.6 Å². The molecule has 0 saturated heterocycles. The van der Waals surface area contributed by atoms with E-state index in [1.165, 1.54) is 12.1 Å². The van der Waals surface area contributed by atoms with E-state index in [1.807, 2.05) is 29.1 Å². The minimum atomic E-state index is -0.538. The molecule has 0 bridgehead atoms. The van der Waals surface area contributed by atoms with E-state index >= 15 is 0 Å². The van der Waals surface area contributed by atoms with Gasteiger partial charge in [0.15, 0.2) is 0 Å². The van der Waals surface area contributed by atoms with Crippen LogP contribution in [0.15, 0.2) is 47.2 Å². The normalized spacial score (nSPS) is 12.3. The third-order valence-corrected chi connectivity index (χ3v) is 4.37. The lowest BCUT2D eigenvalue weighted by atomic mass is 10.0. The van der Waals surface area contributed by atoms with E-state index in [2.05, 4.69) is 29.3 Å². The van der Waals surface area contributed by atoms with Gasteiger partial charge >= 0.3 is 0 Å². The van der Waals surface area contributed by atoms with Gasteiger partial charge in [0.1, 0.15) is 11.9 Å². The average Bonchev–Trinajstić information content (AvgIpc) is 3.29. The summed E-state index contributed by atoms with van der Waals surface area (Å²) in [5.41, 5.74) is 0.0746. The molecule has 142 valence electrons. The van der Waals surface area contributed by atoms with Crippen LogP contribution < -0.4 is 5.32 Å². The van der Waals surface area contributed by atoms with Crippen LogP contribution in [0.5, 0.6) is 0 Å². The van der Waals surface area contributed by atoms with Crippen LogP contribution in [0.1, 0.15) is 32.2 Å². The fourth-order valence-electron chi connectivity index (χ4n) is 2.79. The summed E-state index contributed by atoms with van der Waals surface area (Å²) in [5, 5.41) is 6.76. The molecule has 0 fully saturated rings. The quantitative estimate of drug-likeness (QED) is 0.655. The third kappa shape index (κ3) is 4.54. The van der Waals surface area contributed by atoms with E-state index in [0.29, 0.717) is 12.3 Å². The minimum absolute atomic E-state index is 0.0477. The minimum Gasteiger partial charge on any atom is -0.345 e. The lowest BCUT2D eigenvalue weighted by Crippen LogP contribution is -2.32. The van der Waals surface area contributed by atoms with Gasteiger partial charge in [-0.05, 0) is 36.6 Å². The molecule has 6 nitrogen and oxygen atoms in total. The number of halogens is 2. The van der Waals surface area contributed by atoms with Crippen molar-refractivity contribution >= 4 is 17.5 Å². The summed E-state index contributed by atoms with van der Waals surface area (Å²) in [5.74, 6) is -0.117. The van der Waals surface area contributed by atoms with E-state index < -0.39 is 5.82 Å². The molecule has 0 unspecified atom stereocenters. The van der Waals surface area contributed by atoms with Crippen LogP contribution in [0.4, 0.5) is 4.39 Å². The van der Waals surface area contributed by atoms with Crippen LogP contribution in [0.2, 0.25) is 5.02 Å². The molecular formula is C19H20ClFN4O2. The Labute approximate surface area is 161 Å². The molecule has 0 saturated carbocycles. The van der Waals surface area contributed by atoms with Crippen LogP contribution in [0.3, 0.4) is 0 Å². The van der Waals surface area contributed by atoms with Gasteiger partial charge in [0, 0.05) is 12.4 Å². The van der Waals surface area contributed by atoms with E-state index in [4.69, 9.17) is 16.1 Å². The van der Waals surface area contributed by atoms with Crippen molar-refractivity contribution in [1.82, 2.24) is 20.0 Å². The van der Waals surface area contributed by atoms with Crippen molar-refractivity contribution in [1.29, 1.82) is 0 Å². The first-order valence-electron chi connectivity index (χ1n) is 8.63. The number of benzene rings is 1. The molecule has 0 aliphatic carbocycles. The lowest BCUT2D eigenvalue weighted by molar-refractivity contribution is -0.125. The van der Waals surface area contributed by atoms with Crippen LogP contribution in [-0.4, -0.2) is 20.6 Å². The second-order valence-electron chi connectivity index (χ2n) is 6.60. The summed E-state index contributed by atoms with van der Waals surface area (Å²) in [6.07, 6.45) is 4.41. The molecule has 0 spiro atoms. The fourth-order valence-corrected chi connectivity index (χ4v) is 3.03. The number of hydrogen-bond acceptors (Lipinski definition) is 4. The molecule has 8 heteroatoms. The molecule has 3 aromatic rings. The highest BCUT2D eigenvalue weighted by Gasteiger charge is 2.22. The molecule has 3 rings (SSSR count). The van der Waals surface area contributed by atoms with Gasteiger partial charge in [-0.2, -0.15) is 4.98 Å². The Bertz CT molecular complexity index is 888. The molecule has 1 aromatic carbocycles. The van der Waals surface area contributed by atoms with Crippen LogP contribution in [0, 0.1) is 11.7 Å². The van der Waals surface area contributed by atoms with Crippen molar-refractivity contribution in [3.05, 3.63) is 59.5 Å². The van der Waals surface area contributed by atoms with Crippen LogP contribution in [-0.2, 0) is 11.3 Å². The number of hydrogen-bond donors (Lipinski definition) is 1. The highest BCUT2D eigenvalue weighted by molar-refractivity contribution is 6.33. The first kappa shape index (κ1) is 19.1. The zero-order chi connectivity index (χ0) is 19.4. The standard InChI is InChI=1S/C19H20ClFN4O2/c1-12(2)10-15(25-8-3-4-9-25)19(26)22-11-16-23-18(24-27-16)17-13(20)6-5-7-14(17)21/h3-9,12,15H,10-11H2,1-2H3,(H,22,26)/t15-/m0/s1. The van der Waals surface area contributed by atoms with Crippen molar-refractivity contribution in [3.8, 4) is 11.4 Å². The molecule has 0 aliphatic heterocycles. The number of carbonyl (C=O) groups is 1. The summed E-state index contributed by atoms with van der Waals surface area (Å²) in [4.78, 5) is 16.8. The van der Waals surface area contributed by atoms with E-state index in [9.17, 15) is 9.18 Å². The molecule has 0 radical (unpaired) electrons. The molecule has 1 atom stereocenters. The van der Waals surface area contributed by atoms with Gasteiger partial charge in [0.25, 0.3) is 0 Å². The summed E-state index contributed by atoms with van der Waals surface area (Å²) in [6.45, 7) is 4.17. The molecule has 0 aliphatic rings. The lowest BCUT2D eigenvalue weighted by Gasteiger charge is -2.20. The Hall–Kier alpha value is -2.67. The van der Waals surface area contributed by atoms with E-state index in [0.717, 1.165) is 0 Å². The van der Waals surface area contributed by atoms with Crippen molar-refractivity contribution in [3.63, 3.8) is 0 Å². The summed E-state index contributed by atoms with van der Waals surface area (Å²) in [6, 6.07) is 7.74. The van der Waals surface area contributed by atoms with E-state index in [-0.39, 0.29) is 40.8 Å². The number of nitrogens with one attached hydrogen (secondary N) is 1. The maximum Gasteiger partial charge on any atom is 0.246 e. The molecule has 2 aromatic heterocycles. The van der Waals surface area contributed by atoms with E-state index in [1.54, 1.807) is 6.07 Å². The number of amides is 1.